The van der Waals surface area contributed by atoms with Crippen molar-refractivity contribution in [2.24, 2.45) is 5.73 Å². The van der Waals surface area contributed by atoms with Crippen molar-refractivity contribution in [2.45, 2.75) is 13.5 Å². The number of nitrogens with two attached hydrogens (primary N) is 1. The van der Waals surface area contributed by atoms with Crippen LogP contribution < -0.4 is 11.3 Å². The zero-order valence-corrected chi connectivity index (χ0v) is 12.3. The van der Waals surface area contributed by atoms with Crippen molar-refractivity contribution < 1.29 is 4.39 Å². The van der Waals surface area contributed by atoms with Crippen LogP contribution in [0.25, 0.3) is 0 Å². The zero-order chi connectivity index (χ0) is 14.9. The van der Waals surface area contributed by atoms with E-state index < -0.39 is 5.82 Å². The number of hydrogen-bond acceptors (Lipinski definition) is 2. The van der Waals surface area contributed by atoms with Gasteiger partial charge in [0, 0.05) is 11.3 Å². The number of nitrogens with zero attached hydrogens (tertiary/aromatic N) is 1. The lowest BCUT2D eigenvalue weighted by Gasteiger charge is -2.12. The predicted molar refractivity (Wildman–Crippen MR) is 81.8 cm³/mol. The molecule has 0 fully saturated rings. The smallest absolute Gasteiger partial charge is 0.261 e. The molecule has 2 N–H and O–H groups in total. The summed E-state index contributed by atoms with van der Waals surface area (Å²) in [6.07, 6.45) is 0. The molecule has 0 aliphatic rings. The Morgan fingerprint density at radius 2 is 2.10 bits per heavy atom. The molecule has 20 heavy (non-hydrogen) atoms. The summed E-state index contributed by atoms with van der Waals surface area (Å²) < 4.78 is 15.3. The molecule has 0 unspecified atom stereocenters. The molecule has 2 aromatic rings. The first-order valence-electron chi connectivity index (χ1n) is 5.85. The molecule has 0 saturated heterocycles. The van der Waals surface area contributed by atoms with E-state index in [1.54, 1.807) is 31.2 Å². The summed E-state index contributed by atoms with van der Waals surface area (Å²) in [7, 11) is 0. The molecule has 0 spiro atoms. The van der Waals surface area contributed by atoms with E-state index in [2.05, 4.69) is 0 Å². The Bertz CT molecular complexity index is 742. The van der Waals surface area contributed by atoms with Crippen molar-refractivity contribution in [1.82, 2.24) is 4.57 Å². The van der Waals surface area contributed by atoms with Gasteiger partial charge in [0.15, 0.2) is 0 Å². The van der Waals surface area contributed by atoms with E-state index in [1.165, 1.54) is 10.6 Å². The van der Waals surface area contributed by atoms with Gasteiger partial charge in [-0.3, -0.25) is 4.79 Å². The van der Waals surface area contributed by atoms with E-state index in [4.69, 9.17) is 29.6 Å². The third-order valence-corrected chi connectivity index (χ3v) is 3.53. The maximum Gasteiger partial charge on any atom is 0.261 e. The molecule has 1 heterocycles. The van der Waals surface area contributed by atoms with Crippen LogP contribution in [0.5, 0.6) is 0 Å². The van der Waals surface area contributed by atoms with E-state index in [0.717, 1.165) is 0 Å². The molecule has 3 nitrogen and oxygen atoms in total. The minimum atomic E-state index is -0.527. The second-order valence-electron chi connectivity index (χ2n) is 4.36. The molecular weight excluding hydrogens is 299 g/mol. The minimum absolute atomic E-state index is 0.0234. The molecule has 0 atom stereocenters. The van der Waals surface area contributed by atoms with Gasteiger partial charge in [-0.15, -0.1) is 0 Å². The van der Waals surface area contributed by atoms with Crippen molar-refractivity contribution in [3.63, 3.8) is 0 Å². The van der Waals surface area contributed by atoms with Gasteiger partial charge in [0.1, 0.15) is 10.8 Å². The van der Waals surface area contributed by atoms with Crippen LogP contribution in [-0.2, 0) is 6.54 Å². The van der Waals surface area contributed by atoms with Gasteiger partial charge in [-0.05, 0) is 25.1 Å². The van der Waals surface area contributed by atoms with Gasteiger partial charge in [-0.25, -0.2) is 4.39 Å². The van der Waals surface area contributed by atoms with Crippen LogP contribution in [0.4, 0.5) is 4.39 Å². The maximum absolute atomic E-state index is 13.9. The summed E-state index contributed by atoms with van der Waals surface area (Å²) in [5, 5.41) is 0.0266. The molecule has 0 bridgehead atoms. The van der Waals surface area contributed by atoms with Gasteiger partial charge in [-0.2, -0.15) is 0 Å². The Morgan fingerprint density at radius 1 is 1.40 bits per heavy atom. The summed E-state index contributed by atoms with van der Waals surface area (Å²) in [4.78, 5) is 12.3. The molecule has 0 saturated carbocycles. The minimum Gasteiger partial charge on any atom is -0.389 e. The number of halogens is 2. The summed E-state index contributed by atoms with van der Waals surface area (Å²) >= 11 is 10.6. The lowest BCUT2D eigenvalue weighted by molar-refractivity contribution is 0.593. The number of hydrogen-bond donors (Lipinski definition) is 1. The van der Waals surface area contributed by atoms with Crippen LogP contribution >= 0.6 is 23.8 Å². The zero-order valence-electron chi connectivity index (χ0n) is 10.7. The molecule has 0 radical (unpaired) electrons. The third kappa shape index (κ3) is 2.73. The highest BCUT2D eigenvalue weighted by Gasteiger charge is 2.12. The maximum atomic E-state index is 13.9. The fraction of sp³-hybridized carbons (Fsp3) is 0.143. The second-order valence-corrected chi connectivity index (χ2v) is 5.20. The van der Waals surface area contributed by atoms with Crippen LogP contribution in [0.15, 0.2) is 35.1 Å². The average molecular weight is 311 g/mol. The molecule has 2 rings (SSSR count). The summed E-state index contributed by atoms with van der Waals surface area (Å²) in [6, 6.07) is 7.98. The predicted octanol–water partition coefficient (Wildman–Crippen LogP) is 2.63. The SMILES string of the molecule is Cc1ccc(C(N)=S)c(=O)n1Cc1cccc(Cl)c1F. The van der Waals surface area contributed by atoms with Crippen molar-refractivity contribution in [3.8, 4) is 0 Å². The molecule has 6 heteroatoms. The van der Waals surface area contributed by atoms with Crippen molar-refractivity contribution in [3.05, 3.63) is 68.3 Å². The number of aromatic nitrogens is 1. The highest BCUT2D eigenvalue weighted by Crippen LogP contribution is 2.18. The van der Waals surface area contributed by atoms with Gasteiger partial charge in [0.05, 0.1) is 17.1 Å². The molecule has 0 amide bonds. The number of pyridine rings is 1. The number of aryl methyl sites for hydroxylation is 1. The van der Waals surface area contributed by atoms with Crippen molar-refractivity contribution in [2.75, 3.05) is 0 Å². The van der Waals surface area contributed by atoms with Crippen LogP contribution in [0.2, 0.25) is 5.02 Å². The van der Waals surface area contributed by atoms with Gasteiger partial charge in [-0.1, -0.05) is 36.0 Å². The number of rotatable bonds is 3. The van der Waals surface area contributed by atoms with Crippen molar-refractivity contribution >= 4 is 28.8 Å². The van der Waals surface area contributed by atoms with E-state index in [1.807, 2.05) is 0 Å². The Balaban J connectivity index is 2.54. The molecular formula is C14H12ClFN2OS. The Kier molecular flexibility index (Phi) is 4.20. The molecule has 1 aromatic heterocycles. The van der Waals surface area contributed by atoms with Crippen LogP contribution in [0.3, 0.4) is 0 Å². The first kappa shape index (κ1) is 14.7. The number of thiocarbonyl (C=S) groups is 1. The Labute approximate surface area is 125 Å². The normalized spacial score (nSPS) is 10.6. The summed E-state index contributed by atoms with van der Waals surface area (Å²) in [6.45, 7) is 1.83. The highest BCUT2D eigenvalue weighted by atomic mass is 35.5. The average Bonchev–Trinajstić information content (AvgIpc) is 2.38. The van der Waals surface area contributed by atoms with E-state index in [-0.39, 0.29) is 27.7 Å². The van der Waals surface area contributed by atoms with Gasteiger partial charge < -0.3 is 10.3 Å². The first-order chi connectivity index (χ1) is 9.41. The van der Waals surface area contributed by atoms with Crippen molar-refractivity contribution in [1.29, 1.82) is 0 Å². The number of benzene rings is 1. The quantitative estimate of drug-likeness (QED) is 0.887. The topological polar surface area (TPSA) is 48.0 Å². The fourth-order valence-corrected chi connectivity index (χ4v) is 2.25. The molecule has 1 aromatic carbocycles. The molecule has 104 valence electrons. The first-order valence-corrected chi connectivity index (χ1v) is 6.63. The van der Waals surface area contributed by atoms with E-state index in [0.29, 0.717) is 11.3 Å². The van der Waals surface area contributed by atoms with Crippen LogP contribution in [0.1, 0.15) is 16.8 Å². The lowest BCUT2D eigenvalue weighted by Crippen LogP contribution is -2.30. The Hall–Kier alpha value is -1.72. The van der Waals surface area contributed by atoms with Gasteiger partial charge >= 0.3 is 0 Å². The van der Waals surface area contributed by atoms with E-state index >= 15 is 0 Å². The lowest BCUT2D eigenvalue weighted by atomic mass is 10.2. The molecule has 0 aliphatic carbocycles. The molecule has 0 aliphatic heterocycles. The highest BCUT2D eigenvalue weighted by molar-refractivity contribution is 7.80. The van der Waals surface area contributed by atoms with E-state index in [9.17, 15) is 9.18 Å². The monoisotopic (exact) mass is 310 g/mol. The summed E-state index contributed by atoms with van der Waals surface area (Å²) in [5.41, 5.74) is 6.44. The van der Waals surface area contributed by atoms with Gasteiger partial charge in [0.2, 0.25) is 0 Å². The largest absolute Gasteiger partial charge is 0.389 e. The van der Waals surface area contributed by atoms with Crippen LogP contribution in [-0.4, -0.2) is 9.56 Å². The van der Waals surface area contributed by atoms with Gasteiger partial charge in [0.25, 0.3) is 5.56 Å². The van der Waals surface area contributed by atoms with Crippen LogP contribution in [0, 0.1) is 12.7 Å². The third-order valence-electron chi connectivity index (χ3n) is 3.02. The fourth-order valence-electron chi connectivity index (χ4n) is 1.90. The summed E-state index contributed by atoms with van der Waals surface area (Å²) in [5.74, 6) is -0.527. The Morgan fingerprint density at radius 3 is 2.75 bits per heavy atom. The second kappa shape index (κ2) is 5.73. The standard InChI is InChI=1S/C14H12ClFN2OS/c1-8-5-6-10(13(17)20)14(19)18(8)7-9-3-2-4-11(15)12(9)16/h2-6H,7H2,1H3,(H2,17,20).